The lowest BCUT2D eigenvalue weighted by atomic mass is 9.85. The highest BCUT2D eigenvalue weighted by molar-refractivity contribution is 7.99. The normalized spacial score (nSPS) is 38.2. The monoisotopic (exact) mass is 484 g/mol. The van der Waals surface area contributed by atoms with E-state index in [0.717, 1.165) is 0 Å². The molecule has 0 aliphatic carbocycles. The van der Waals surface area contributed by atoms with Crippen LogP contribution in [0.2, 0.25) is 0 Å². The Kier molecular flexibility index (Phi) is 9.84. The van der Waals surface area contributed by atoms with Gasteiger partial charge in [-0.3, -0.25) is 9.59 Å². The number of esters is 1. The first-order chi connectivity index (χ1) is 14.5. The minimum absolute atomic E-state index is 0.0503. The van der Waals surface area contributed by atoms with Gasteiger partial charge in [0.25, 0.3) is 0 Å². The van der Waals surface area contributed by atoms with E-state index in [1.54, 1.807) is 13.2 Å². The molecule has 0 aromatic rings. The number of hydrogen-bond acceptors (Lipinski definition) is 8. The van der Waals surface area contributed by atoms with Crippen LogP contribution >= 0.6 is 23.4 Å². The van der Waals surface area contributed by atoms with Gasteiger partial charge >= 0.3 is 5.97 Å². The van der Waals surface area contributed by atoms with Gasteiger partial charge in [0.15, 0.2) is 6.10 Å². The van der Waals surface area contributed by atoms with Crippen LogP contribution in [0.5, 0.6) is 0 Å². The molecule has 8 nitrogen and oxygen atoms in total. The van der Waals surface area contributed by atoms with E-state index in [1.807, 2.05) is 6.92 Å². The highest BCUT2D eigenvalue weighted by atomic mass is 35.5. The maximum Gasteiger partial charge on any atom is 0.303 e. The third-order valence-electron chi connectivity index (χ3n) is 5.82. The molecule has 0 radical (unpaired) electrons. The largest absolute Gasteiger partial charge is 0.456 e. The molecule has 11 heteroatoms. The van der Waals surface area contributed by atoms with Crippen LogP contribution < -0.4 is 10.6 Å². The number of piperidine rings is 1. The smallest absolute Gasteiger partial charge is 0.303 e. The highest BCUT2D eigenvalue weighted by Gasteiger charge is 2.50. The average molecular weight is 485 g/mol. The molecule has 2 fully saturated rings. The number of alkyl halides is 2. The van der Waals surface area contributed by atoms with Gasteiger partial charge in [-0.15, -0.1) is 23.4 Å². The molecule has 2 aliphatic heterocycles. The van der Waals surface area contributed by atoms with Crippen LogP contribution in [0.25, 0.3) is 0 Å². The van der Waals surface area contributed by atoms with Gasteiger partial charge in [-0.2, -0.15) is 0 Å². The lowest BCUT2D eigenvalue weighted by Gasteiger charge is -2.45. The Bertz CT molecular complexity index is 626. The molecule has 0 bridgehead atoms. The molecular weight excluding hydrogens is 451 g/mol. The van der Waals surface area contributed by atoms with E-state index >= 15 is 4.39 Å². The van der Waals surface area contributed by atoms with Crippen molar-refractivity contribution in [1.29, 1.82) is 0 Å². The van der Waals surface area contributed by atoms with Crippen molar-refractivity contribution >= 4 is 35.2 Å². The zero-order chi connectivity index (χ0) is 23.3. The summed E-state index contributed by atoms with van der Waals surface area (Å²) in [6.07, 6.45) is -1.82. The molecule has 0 spiro atoms. The van der Waals surface area contributed by atoms with Crippen molar-refractivity contribution in [2.24, 2.45) is 0 Å². The summed E-state index contributed by atoms with van der Waals surface area (Å²) < 4.78 is 26.0. The number of nitrogens with one attached hydrogen (secondary N) is 2. The van der Waals surface area contributed by atoms with Crippen LogP contribution in [0, 0.1) is 0 Å². The maximum absolute atomic E-state index is 15.0. The van der Waals surface area contributed by atoms with Crippen molar-refractivity contribution in [2.45, 2.75) is 99.4 Å². The second-order valence-electron chi connectivity index (χ2n) is 8.33. The SMILES string of the molecule is CCCC1(F)CCNC(C(=O)N[C@@H]([C@H]2O[C@H](SC)[C@H](OC(C)=O)[C@@H](O)[C@H]2O)[C@H](C)Cl)C1. The zero-order valence-corrected chi connectivity index (χ0v) is 19.9. The quantitative estimate of drug-likeness (QED) is 0.299. The van der Waals surface area contributed by atoms with Crippen molar-refractivity contribution in [3.63, 3.8) is 0 Å². The van der Waals surface area contributed by atoms with Gasteiger partial charge in [-0.25, -0.2) is 4.39 Å². The van der Waals surface area contributed by atoms with Crippen LogP contribution in [-0.2, 0) is 19.1 Å². The first-order valence-electron chi connectivity index (χ1n) is 10.6. The van der Waals surface area contributed by atoms with E-state index in [1.165, 1.54) is 18.7 Å². The Morgan fingerprint density at radius 3 is 2.65 bits per heavy atom. The first kappa shape index (κ1) is 26.6. The summed E-state index contributed by atoms with van der Waals surface area (Å²) in [7, 11) is 0. The van der Waals surface area contributed by atoms with Crippen LogP contribution in [0.15, 0.2) is 0 Å². The lowest BCUT2D eigenvalue weighted by Crippen LogP contribution is -2.66. The number of aliphatic hydroxyl groups excluding tert-OH is 2. The summed E-state index contributed by atoms with van der Waals surface area (Å²) in [6.45, 7) is 5.12. The standard InChI is InChI=1S/C20H34ClFN2O6S/c1-5-6-20(22)7-8-23-12(9-20)18(28)24-13(10(2)21)16-14(26)15(27)17(29-11(3)25)19(30-16)31-4/h10,12-17,19,23,26-27H,5-9H2,1-4H3,(H,24,28)/t10-,12?,13+,14+,15-,16+,17+,19+,20?/m0/s1. The van der Waals surface area contributed by atoms with Gasteiger partial charge in [0.2, 0.25) is 5.91 Å². The molecule has 0 aromatic carbocycles. The summed E-state index contributed by atoms with van der Waals surface area (Å²) >= 11 is 7.51. The molecule has 0 aromatic heterocycles. The number of rotatable bonds is 8. The van der Waals surface area contributed by atoms with Crippen molar-refractivity contribution in [3.05, 3.63) is 0 Å². The van der Waals surface area contributed by atoms with E-state index < -0.39 is 64.9 Å². The third-order valence-corrected chi connectivity index (χ3v) is 6.94. The number of aliphatic hydroxyl groups is 2. The lowest BCUT2D eigenvalue weighted by molar-refractivity contribution is -0.217. The Morgan fingerprint density at radius 1 is 1.42 bits per heavy atom. The van der Waals surface area contributed by atoms with Gasteiger partial charge in [-0.1, -0.05) is 13.3 Å². The highest BCUT2D eigenvalue weighted by Crippen LogP contribution is 2.33. The van der Waals surface area contributed by atoms with E-state index in [9.17, 15) is 19.8 Å². The molecule has 9 atom stereocenters. The number of thioether (sulfide) groups is 1. The van der Waals surface area contributed by atoms with Crippen molar-refractivity contribution < 1.29 is 33.7 Å². The molecule has 2 rings (SSSR count). The summed E-state index contributed by atoms with van der Waals surface area (Å²) in [4.78, 5) is 24.3. The van der Waals surface area contributed by atoms with Crippen LogP contribution in [-0.4, -0.2) is 87.9 Å². The van der Waals surface area contributed by atoms with Crippen LogP contribution in [0.4, 0.5) is 4.39 Å². The van der Waals surface area contributed by atoms with Gasteiger partial charge in [0, 0.05) is 13.3 Å². The summed E-state index contributed by atoms with van der Waals surface area (Å²) in [6, 6.07) is -1.60. The number of ether oxygens (including phenoxy) is 2. The van der Waals surface area contributed by atoms with Crippen LogP contribution in [0.3, 0.4) is 0 Å². The molecule has 2 heterocycles. The van der Waals surface area contributed by atoms with Gasteiger partial charge in [-0.05, 0) is 32.6 Å². The summed E-state index contributed by atoms with van der Waals surface area (Å²) in [5, 5.41) is 26.4. The van der Waals surface area contributed by atoms with E-state index in [2.05, 4.69) is 10.6 Å². The fourth-order valence-corrected chi connectivity index (χ4v) is 5.19. The molecule has 2 saturated heterocycles. The second kappa shape index (κ2) is 11.5. The van der Waals surface area contributed by atoms with E-state index in [-0.39, 0.29) is 6.42 Å². The fourth-order valence-electron chi connectivity index (χ4n) is 4.26. The zero-order valence-electron chi connectivity index (χ0n) is 18.3. The molecule has 2 aliphatic rings. The summed E-state index contributed by atoms with van der Waals surface area (Å²) in [5.41, 5.74) is -2.17. The summed E-state index contributed by atoms with van der Waals surface area (Å²) in [5.74, 6) is -1.05. The number of carbonyl (C=O) groups is 2. The molecule has 1 amide bonds. The maximum atomic E-state index is 15.0. The molecular formula is C20H34ClFN2O6S. The minimum Gasteiger partial charge on any atom is -0.456 e. The van der Waals surface area contributed by atoms with Crippen molar-refractivity contribution in [3.8, 4) is 0 Å². The molecule has 2 unspecified atom stereocenters. The predicted molar refractivity (Wildman–Crippen MR) is 117 cm³/mol. The molecule has 31 heavy (non-hydrogen) atoms. The predicted octanol–water partition coefficient (Wildman–Crippen LogP) is 1.10. The van der Waals surface area contributed by atoms with E-state index in [4.69, 9.17) is 21.1 Å². The number of amides is 1. The Labute approximate surface area is 191 Å². The fraction of sp³-hybridized carbons (Fsp3) is 0.900. The third kappa shape index (κ3) is 6.68. The Morgan fingerprint density at radius 2 is 2.10 bits per heavy atom. The topological polar surface area (TPSA) is 117 Å². The Balaban J connectivity index is 2.14. The Hall–Kier alpha value is -0.650. The van der Waals surface area contributed by atoms with E-state index in [0.29, 0.717) is 25.8 Å². The van der Waals surface area contributed by atoms with Gasteiger partial charge in [0.1, 0.15) is 29.4 Å². The van der Waals surface area contributed by atoms with Crippen LogP contribution in [0.1, 0.15) is 46.5 Å². The average Bonchev–Trinajstić information content (AvgIpc) is 2.69. The molecule has 0 saturated carbocycles. The van der Waals surface area contributed by atoms with Crippen molar-refractivity contribution in [2.75, 3.05) is 12.8 Å². The minimum atomic E-state index is -1.46. The number of halogens is 2. The first-order valence-corrected chi connectivity index (χ1v) is 12.3. The second-order valence-corrected chi connectivity index (χ2v) is 9.96. The number of hydrogen-bond donors (Lipinski definition) is 4. The number of carbonyl (C=O) groups excluding carboxylic acids is 2. The molecule has 180 valence electrons. The van der Waals surface area contributed by atoms with Gasteiger partial charge < -0.3 is 30.3 Å². The van der Waals surface area contributed by atoms with Crippen molar-refractivity contribution in [1.82, 2.24) is 10.6 Å². The van der Waals surface area contributed by atoms with Gasteiger partial charge in [0.05, 0.1) is 17.5 Å². The molecule has 4 N–H and O–H groups in total.